The van der Waals surface area contributed by atoms with E-state index in [0.717, 1.165) is 34.4 Å². The lowest BCUT2D eigenvalue weighted by Crippen LogP contribution is -2.03. The van der Waals surface area contributed by atoms with Crippen molar-refractivity contribution in [2.45, 2.75) is 38.5 Å². The Kier molecular flexibility index (Phi) is 2.65. The molecular weight excluding hydrogens is 226 g/mol. The topological polar surface area (TPSA) is 47.8 Å². The summed E-state index contributed by atoms with van der Waals surface area (Å²) >= 11 is 0. The Balaban J connectivity index is 2.30. The summed E-state index contributed by atoms with van der Waals surface area (Å²) in [4.78, 5) is 20.3. The van der Waals surface area contributed by atoms with E-state index >= 15 is 0 Å². The van der Waals surface area contributed by atoms with Crippen molar-refractivity contribution in [2.24, 2.45) is 7.05 Å². The van der Waals surface area contributed by atoms with Crippen LogP contribution in [0.5, 0.6) is 0 Å². The number of aryl methyl sites for hydroxylation is 2. The number of carbonyl (C=O) groups excluding carboxylic acids is 1. The normalized spacial score (nSPS) is 16.6. The average molecular weight is 243 g/mol. The monoisotopic (exact) mass is 243 g/mol. The summed E-state index contributed by atoms with van der Waals surface area (Å²) < 4.78 is 1.92. The smallest absolute Gasteiger partial charge is 0.152 e. The highest BCUT2D eigenvalue weighted by atomic mass is 16.1. The van der Waals surface area contributed by atoms with Crippen LogP contribution in [0.25, 0.3) is 11.0 Å². The van der Waals surface area contributed by atoms with Crippen molar-refractivity contribution in [3.05, 3.63) is 23.3 Å². The fourth-order valence-corrected chi connectivity index (χ4v) is 3.03. The fraction of sp³-hybridized carbons (Fsp3) is 0.500. The summed E-state index contributed by atoms with van der Waals surface area (Å²) in [6, 6.07) is 0. The van der Waals surface area contributed by atoms with E-state index < -0.39 is 0 Å². The molecule has 4 nitrogen and oxygen atoms in total. The minimum Gasteiger partial charge on any atom is -0.335 e. The molecule has 0 unspecified atom stereocenters. The Hall–Kier alpha value is -1.71. The van der Waals surface area contributed by atoms with Gasteiger partial charge < -0.3 is 4.57 Å². The van der Waals surface area contributed by atoms with Crippen molar-refractivity contribution in [2.75, 3.05) is 0 Å². The van der Waals surface area contributed by atoms with Crippen LogP contribution in [0.2, 0.25) is 0 Å². The van der Waals surface area contributed by atoms with E-state index in [0.29, 0.717) is 5.92 Å². The van der Waals surface area contributed by atoms with Gasteiger partial charge in [-0.15, -0.1) is 0 Å². The summed E-state index contributed by atoms with van der Waals surface area (Å²) in [7, 11) is 1.93. The van der Waals surface area contributed by atoms with Gasteiger partial charge in [0, 0.05) is 24.7 Å². The number of aldehydes is 1. The maximum absolute atomic E-state index is 11.2. The van der Waals surface area contributed by atoms with E-state index in [9.17, 15) is 4.79 Å². The van der Waals surface area contributed by atoms with Crippen LogP contribution >= 0.6 is 0 Å². The summed E-state index contributed by atoms with van der Waals surface area (Å²) in [5.74, 6) is 1.29. The molecule has 3 rings (SSSR count). The van der Waals surface area contributed by atoms with Gasteiger partial charge in [0.25, 0.3) is 0 Å². The number of hydrogen-bond acceptors (Lipinski definition) is 3. The number of rotatable bonds is 2. The van der Waals surface area contributed by atoms with E-state index in [1.165, 1.54) is 25.7 Å². The number of nitrogens with zero attached hydrogens (tertiary/aromatic N) is 3. The molecule has 1 aliphatic carbocycles. The van der Waals surface area contributed by atoms with E-state index in [-0.39, 0.29) is 0 Å². The van der Waals surface area contributed by atoms with Crippen molar-refractivity contribution in [1.82, 2.24) is 14.5 Å². The second kappa shape index (κ2) is 4.19. The molecule has 0 saturated heterocycles. The Morgan fingerprint density at radius 1 is 1.33 bits per heavy atom. The third-order valence-electron chi connectivity index (χ3n) is 3.85. The molecule has 4 heteroatoms. The molecule has 0 radical (unpaired) electrons. The van der Waals surface area contributed by atoms with E-state index in [1.54, 1.807) is 0 Å². The first kappa shape index (κ1) is 11.4. The zero-order valence-electron chi connectivity index (χ0n) is 10.8. The van der Waals surface area contributed by atoms with Gasteiger partial charge in [0.1, 0.15) is 11.5 Å². The van der Waals surface area contributed by atoms with Crippen LogP contribution < -0.4 is 0 Å². The predicted molar refractivity (Wildman–Crippen MR) is 69.8 cm³/mol. The van der Waals surface area contributed by atoms with Gasteiger partial charge in [0.15, 0.2) is 6.29 Å². The van der Waals surface area contributed by atoms with Crippen molar-refractivity contribution in [1.29, 1.82) is 0 Å². The lowest BCUT2D eigenvalue weighted by atomic mass is 9.99. The van der Waals surface area contributed by atoms with Crippen LogP contribution in [0.3, 0.4) is 0 Å². The molecule has 0 bridgehead atoms. The largest absolute Gasteiger partial charge is 0.335 e. The van der Waals surface area contributed by atoms with E-state index in [4.69, 9.17) is 0 Å². The number of fused-ring (bicyclic) bond motifs is 1. The van der Waals surface area contributed by atoms with Gasteiger partial charge in [-0.1, -0.05) is 12.8 Å². The molecule has 0 N–H and O–H groups in total. The third kappa shape index (κ3) is 1.64. The van der Waals surface area contributed by atoms with Gasteiger partial charge in [0.05, 0.1) is 11.1 Å². The van der Waals surface area contributed by atoms with Crippen molar-refractivity contribution in [3.63, 3.8) is 0 Å². The van der Waals surface area contributed by atoms with Crippen LogP contribution in [-0.4, -0.2) is 20.8 Å². The first-order valence-electron chi connectivity index (χ1n) is 6.49. The maximum atomic E-state index is 11.2. The van der Waals surface area contributed by atoms with Gasteiger partial charge in [-0.2, -0.15) is 0 Å². The Morgan fingerprint density at radius 2 is 2.06 bits per heavy atom. The Labute approximate surface area is 106 Å². The van der Waals surface area contributed by atoms with Gasteiger partial charge in [-0.3, -0.25) is 4.79 Å². The summed E-state index contributed by atoms with van der Waals surface area (Å²) in [5, 5.41) is 0.963. The minimum absolute atomic E-state index is 0.496. The summed E-state index contributed by atoms with van der Waals surface area (Å²) in [6.07, 6.45) is 7.65. The van der Waals surface area contributed by atoms with Crippen LogP contribution in [-0.2, 0) is 7.05 Å². The third-order valence-corrected chi connectivity index (χ3v) is 3.85. The lowest BCUT2D eigenvalue weighted by Gasteiger charge is -2.11. The molecule has 0 aliphatic heterocycles. The van der Waals surface area contributed by atoms with Crippen molar-refractivity contribution in [3.8, 4) is 0 Å². The standard InChI is InChI=1S/C14H17N3O/c1-9-15-13(10-5-3-4-6-10)12-11(8-18)7-17(2)14(12)16-9/h7-8,10H,3-6H2,1-2H3. The highest BCUT2D eigenvalue weighted by Crippen LogP contribution is 2.37. The second-order valence-electron chi connectivity index (χ2n) is 5.15. The summed E-state index contributed by atoms with van der Waals surface area (Å²) in [6.45, 7) is 1.92. The highest BCUT2D eigenvalue weighted by molar-refractivity contribution is 5.97. The molecule has 1 saturated carbocycles. The predicted octanol–water partition coefficient (Wildman–Crippen LogP) is 2.75. The van der Waals surface area contributed by atoms with Gasteiger partial charge in [0.2, 0.25) is 0 Å². The first-order chi connectivity index (χ1) is 8.70. The molecule has 18 heavy (non-hydrogen) atoms. The molecular formula is C14H17N3O. The second-order valence-corrected chi connectivity index (χ2v) is 5.15. The van der Waals surface area contributed by atoms with Crippen LogP contribution in [0, 0.1) is 6.92 Å². The number of hydrogen-bond donors (Lipinski definition) is 0. The first-order valence-corrected chi connectivity index (χ1v) is 6.49. The maximum Gasteiger partial charge on any atom is 0.152 e. The zero-order chi connectivity index (χ0) is 12.7. The molecule has 1 aliphatic rings. The van der Waals surface area contributed by atoms with Crippen molar-refractivity contribution >= 4 is 17.3 Å². The van der Waals surface area contributed by atoms with Gasteiger partial charge in [-0.25, -0.2) is 9.97 Å². The van der Waals surface area contributed by atoms with E-state index in [1.807, 2.05) is 24.7 Å². The molecule has 0 atom stereocenters. The molecule has 0 aromatic carbocycles. The van der Waals surface area contributed by atoms with Gasteiger partial charge in [-0.05, 0) is 19.8 Å². The molecule has 0 spiro atoms. The van der Waals surface area contributed by atoms with Crippen LogP contribution in [0.4, 0.5) is 0 Å². The quantitative estimate of drug-likeness (QED) is 0.762. The molecule has 2 aromatic heterocycles. The molecule has 1 fully saturated rings. The molecule has 2 heterocycles. The summed E-state index contributed by atoms with van der Waals surface area (Å²) in [5.41, 5.74) is 2.68. The minimum atomic E-state index is 0.496. The van der Waals surface area contributed by atoms with Gasteiger partial charge >= 0.3 is 0 Å². The average Bonchev–Trinajstić information content (AvgIpc) is 2.97. The zero-order valence-corrected chi connectivity index (χ0v) is 10.8. The Bertz CT molecular complexity index is 609. The van der Waals surface area contributed by atoms with Crippen LogP contribution in [0.1, 0.15) is 53.5 Å². The lowest BCUT2D eigenvalue weighted by molar-refractivity contribution is 0.112. The Morgan fingerprint density at radius 3 is 2.72 bits per heavy atom. The number of aromatic nitrogens is 3. The number of carbonyl (C=O) groups is 1. The van der Waals surface area contributed by atoms with Crippen molar-refractivity contribution < 1.29 is 4.79 Å². The van der Waals surface area contributed by atoms with E-state index in [2.05, 4.69) is 9.97 Å². The fourth-order valence-electron chi connectivity index (χ4n) is 3.03. The molecule has 94 valence electrons. The SMILES string of the molecule is Cc1nc(C2CCCC2)c2c(C=O)cn(C)c2n1. The van der Waals surface area contributed by atoms with Crippen LogP contribution in [0.15, 0.2) is 6.20 Å². The highest BCUT2D eigenvalue weighted by Gasteiger charge is 2.24. The molecule has 0 amide bonds. The molecule has 2 aromatic rings.